The summed E-state index contributed by atoms with van der Waals surface area (Å²) < 4.78 is 0.876. The van der Waals surface area contributed by atoms with Crippen molar-refractivity contribution in [2.45, 2.75) is 31.8 Å². The summed E-state index contributed by atoms with van der Waals surface area (Å²) in [5.41, 5.74) is 0.822. The van der Waals surface area contributed by atoms with Gasteiger partial charge in [-0.2, -0.15) is 0 Å². The zero-order valence-electron chi connectivity index (χ0n) is 9.03. The van der Waals surface area contributed by atoms with Crippen LogP contribution < -0.4 is 0 Å². The standard InChI is InChI=1S/C13H15BrO2/c14-11-7-3-1-5-9(11)13(16)10-6-2-4-8-12(10)15/h1,3,5,7,10,13,16H,2,4,6,8H2/t10-,13+/m1/s1. The van der Waals surface area contributed by atoms with E-state index in [4.69, 9.17) is 0 Å². The minimum Gasteiger partial charge on any atom is -0.388 e. The van der Waals surface area contributed by atoms with Crippen LogP contribution in [-0.4, -0.2) is 10.9 Å². The number of aliphatic hydroxyl groups excluding tert-OH is 1. The quantitative estimate of drug-likeness (QED) is 0.904. The Hall–Kier alpha value is -0.670. The van der Waals surface area contributed by atoms with Crippen LogP contribution in [-0.2, 0) is 4.79 Å². The second-order valence-electron chi connectivity index (χ2n) is 4.28. The molecular weight excluding hydrogens is 268 g/mol. The Morgan fingerprint density at radius 3 is 2.75 bits per heavy atom. The number of aliphatic hydroxyl groups is 1. The van der Waals surface area contributed by atoms with E-state index in [0.29, 0.717) is 6.42 Å². The Morgan fingerprint density at radius 1 is 1.31 bits per heavy atom. The Bertz CT molecular complexity index is 389. The van der Waals surface area contributed by atoms with Crippen molar-refractivity contribution in [3.05, 3.63) is 34.3 Å². The van der Waals surface area contributed by atoms with E-state index >= 15 is 0 Å². The number of ketones is 1. The number of Topliss-reactive ketones (excluding diaryl/α,β-unsaturated/α-hetero) is 1. The first-order valence-electron chi connectivity index (χ1n) is 5.65. The van der Waals surface area contributed by atoms with Crippen molar-refractivity contribution in [2.75, 3.05) is 0 Å². The summed E-state index contributed by atoms with van der Waals surface area (Å²) in [5.74, 6) is -0.0121. The van der Waals surface area contributed by atoms with E-state index in [1.807, 2.05) is 24.3 Å². The molecule has 0 saturated heterocycles. The molecule has 86 valence electrons. The lowest BCUT2D eigenvalue weighted by molar-refractivity contribution is -0.128. The third-order valence-electron chi connectivity index (χ3n) is 3.21. The van der Waals surface area contributed by atoms with E-state index < -0.39 is 6.10 Å². The number of hydrogen-bond donors (Lipinski definition) is 1. The highest BCUT2D eigenvalue weighted by Crippen LogP contribution is 2.34. The summed E-state index contributed by atoms with van der Waals surface area (Å²) in [5, 5.41) is 10.2. The molecular formula is C13H15BrO2. The number of halogens is 1. The minimum atomic E-state index is -0.664. The molecule has 1 saturated carbocycles. The van der Waals surface area contributed by atoms with Crippen molar-refractivity contribution in [1.29, 1.82) is 0 Å². The SMILES string of the molecule is O=C1CCCC[C@H]1[C@@H](O)c1ccccc1Br. The first-order chi connectivity index (χ1) is 7.70. The van der Waals surface area contributed by atoms with E-state index in [1.54, 1.807) is 0 Å². The molecule has 0 unspecified atom stereocenters. The number of hydrogen-bond acceptors (Lipinski definition) is 2. The van der Waals surface area contributed by atoms with E-state index in [1.165, 1.54) is 0 Å². The molecule has 0 aliphatic heterocycles. The zero-order valence-corrected chi connectivity index (χ0v) is 10.6. The molecule has 1 aromatic rings. The van der Waals surface area contributed by atoms with E-state index in [9.17, 15) is 9.90 Å². The monoisotopic (exact) mass is 282 g/mol. The number of benzene rings is 1. The van der Waals surface area contributed by atoms with E-state index in [2.05, 4.69) is 15.9 Å². The molecule has 0 aromatic heterocycles. The average Bonchev–Trinajstić information content (AvgIpc) is 2.29. The lowest BCUT2D eigenvalue weighted by Crippen LogP contribution is -2.25. The molecule has 2 atom stereocenters. The molecule has 0 amide bonds. The predicted octanol–water partition coefficient (Wildman–Crippen LogP) is 3.24. The van der Waals surface area contributed by atoms with Crippen molar-refractivity contribution >= 4 is 21.7 Å². The molecule has 2 rings (SSSR count). The fourth-order valence-electron chi connectivity index (χ4n) is 2.28. The van der Waals surface area contributed by atoms with E-state index in [-0.39, 0.29) is 11.7 Å². The molecule has 0 heterocycles. The number of carbonyl (C=O) groups excluding carboxylic acids is 1. The topological polar surface area (TPSA) is 37.3 Å². The molecule has 1 fully saturated rings. The number of rotatable bonds is 2. The number of carbonyl (C=O) groups is 1. The van der Waals surface area contributed by atoms with Gasteiger partial charge in [-0.3, -0.25) is 4.79 Å². The highest BCUT2D eigenvalue weighted by Gasteiger charge is 2.30. The van der Waals surface area contributed by atoms with Gasteiger partial charge in [0.05, 0.1) is 6.10 Å². The van der Waals surface area contributed by atoms with Gasteiger partial charge in [-0.15, -0.1) is 0 Å². The molecule has 16 heavy (non-hydrogen) atoms. The van der Waals surface area contributed by atoms with Gasteiger partial charge in [-0.25, -0.2) is 0 Å². The van der Waals surface area contributed by atoms with Gasteiger partial charge >= 0.3 is 0 Å². The molecule has 1 N–H and O–H groups in total. The van der Waals surface area contributed by atoms with Crippen LogP contribution in [0.3, 0.4) is 0 Å². The van der Waals surface area contributed by atoms with Crippen molar-refractivity contribution < 1.29 is 9.90 Å². The molecule has 0 bridgehead atoms. The molecule has 1 aliphatic carbocycles. The fraction of sp³-hybridized carbons (Fsp3) is 0.462. The van der Waals surface area contributed by atoms with Crippen molar-refractivity contribution in [3.63, 3.8) is 0 Å². The van der Waals surface area contributed by atoms with E-state index in [0.717, 1.165) is 29.3 Å². The summed E-state index contributed by atoms with van der Waals surface area (Å²) in [6, 6.07) is 7.56. The van der Waals surface area contributed by atoms with Gasteiger partial charge in [-0.1, -0.05) is 40.5 Å². The maximum Gasteiger partial charge on any atom is 0.138 e. The molecule has 0 spiro atoms. The van der Waals surface area contributed by atoms with Crippen LogP contribution in [0.5, 0.6) is 0 Å². The Labute approximate surface area is 104 Å². The summed E-state index contributed by atoms with van der Waals surface area (Å²) in [7, 11) is 0. The Kier molecular flexibility index (Phi) is 3.77. The van der Waals surface area contributed by atoms with Gasteiger partial charge in [0, 0.05) is 16.8 Å². The smallest absolute Gasteiger partial charge is 0.138 e. The summed E-state index contributed by atoms with van der Waals surface area (Å²) in [6.45, 7) is 0. The van der Waals surface area contributed by atoms with Crippen LogP contribution in [0.2, 0.25) is 0 Å². The third kappa shape index (κ3) is 2.36. The molecule has 3 heteroatoms. The van der Waals surface area contributed by atoms with Crippen molar-refractivity contribution in [2.24, 2.45) is 5.92 Å². The van der Waals surface area contributed by atoms with Gasteiger partial charge in [0.1, 0.15) is 5.78 Å². The second kappa shape index (κ2) is 5.11. The van der Waals surface area contributed by atoms with Crippen LogP contribution in [0.1, 0.15) is 37.4 Å². The first kappa shape index (κ1) is 11.8. The highest BCUT2D eigenvalue weighted by molar-refractivity contribution is 9.10. The van der Waals surface area contributed by atoms with Gasteiger partial charge in [0.15, 0.2) is 0 Å². The lowest BCUT2D eigenvalue weighted by Gasteiger charge is -2.26. The Balaban J connectivity index is 2.21. The maximum atomic E-state index is 11.7. The molecule has 1 aliphatic rings. The van der Waals surface area contributed by atoms with Crippen LogP contribution >= 0.6 is 15.9 Å². The second-order valence-corrected chi connectivity index (χ2v) is 5.14. The highest BCUT2D eigenvalue weighted by atomic mass is 79.9. The predicted molar refractivity (Wildman–Crippen MR) is 66.1 cm³/mol. The zero-order chi connectivity index (χ0) is 11.5. The van der Waals surface area contributed by atoms with Gasteiger partial charge < -0.3 is 5.11 Å². The van der Waals surface area contributed by atoms with Gasteiger partial charge in [-0.05, 0) is 24.5 Å². The average molecular weight is 283 g/mol. The van der Waals surface area contributed by atoms with Crippen molar-refractivity contribution in [1.82, 2.24) is 0 Å². The summed E-state index contributed by atoms with van der Waals surface area (Å²) in [6.07, 6.45) is 2.77. The fourth-order valence-corrected chi connectivity index (χ4v) is 2.79. The molecule has 0 radical (unpaired) electrons. The van der Waals surface area contributed by atoms with Crippen LogP contribution in [0.25, 0.3) is 0 Å². The maximum absolute atomic E-state index is 11.7. The van der Waals surface area contributed by atoms with Crippen molar-refractivity contribution in [3.8, 4) is 0 Å². The lowest BCUT2D eigenvalue weighted by atomic mass is 9.82. The summed E-state index contributed by atoms with van der Waals surface area (Å²) in [4.78, 5) is 11.7. The normalized spacial score (nSPS) is 23.1. The summed E-state index contributed by atoms with van der Waals surface area (Å²) >= 11 is 3.41. The Morgan fingerprint density at radius 2 is 2.06 bits per heavy atom. The van der Waals surface area contributed by atoms with Gasteiger partial charge in [0.2, 0.25) is 0 Å². The first-order valence-corrected chi connectivity index (χ1v) is 6.44. The molecule has 1 aromatic carbocycles. The largest absolute Gasteiger partial charge is 0.388 e. The molecule has 2 nitrogen and oxygen atoms in total. The third-order valence-corrected chi connectivity index (χ3v) is 3.93. The van der Waals surface area contributed by atoms with Crippen LogP contribution in [0.4, 0.5) is 0 Å². The minimum absolute atomic E-state index is 0.203. The van der Waals surface area contributed by atoms with Crippen LogP contribution in [0.15, 0.2) is 28.7 Å². The van der Waals surface area contributed by atoms with Crippen LogP contribution in [0, 0.1) is 5.92 Å². The van der Waals surface area contributed by atoms with Gasteiger partial charge in [0.25, 0.3) is 0 Å².